The molecule has 44 heavy (non-hydrogen) atoms. The minimum atomic E-state index is -2.64. The molecule has 5 aromatic carbocycles. The Hall–Kier alpha value is -4.44. The van der Waals surface area contributed by atoms with Crippen molar-refractivity contribution in [1.29, 1.82) is 0 Å². The first-order valence-electron chi connectivity index (χ1n) is 15.3. The summed E-state index contributed by atoms with van der Waals surface area (Å²) in [5.41, 5.74) is 3.92. The van der Waals surface area contributed by atoms with Crippen LogP contribution in [0.5, 0.6) is 11.5 Å². The number of hydrogen-bond donors (Lipinski definition) is 0. The first-order chi connectivity index (χ1) is 21.9. The Bertz CT molecular complexity index is 2000. The smallest absolute Gasteiger partial charge is 0.127 e. The molecule has 4 nitrogen and oxygen atoms in total. The molecule has 0 aliphatic carbocycles. The van der Waals surface area contributed by atoms with Gasteiger partial charge in [-0.25, -0.2) is 0 Å². The molecule has 0 fully saturated rings. The molecule has 0 saturated carbocycles. The van der Waals surface area contributed by atoms with E-state index in [0.29, 0.717) is 22.9 Å². The molecule has 1 aromatic heterocycles. The summed E-state index contributed by atoms with van der Waals surface area (Å²) in [5, 5.41) is 5.05. The number of benzene rings is 5. The van der Waals surface area contributed by atoms with E-state index in [1.807, 2.05) is 59.6 Å². The Morgan fingerprint density at radius 1 is 0.705 bits per heavy atom. The first kappa shape index (κ1) is 26.0. The van der Waals surface area contributed by atoms with E-state index in [1.54, 1.807) is 12.7 Å². The van der Waals surface area contributed by atoms with Crippen molar-refractivity contribution in [1.82, 2.24) is 4.98 Å². The predicted molar refractivity (Wildman–Crippen MR) is 179 cm³/mol. The summed E-state index contributed by atoms with van der Waals surface area (Å²) in [6, 6.07) is 49.8. The van der Waals surface area contributed by atoms with Crippen LogP contribution in [0.15, 0.2) is 134 Å². The van der Waals surface area contributed by atoms with Crippen LogP contribution in [0.2, 0.25) is 0 Å². The SMILES string of the molecule is C.[2H]C([2H])([2H])N1[CH-]N(c2[c-]c(Oc3[c-]c4c(cc3)[Si](c3ccccc3)(c3ccccc3)c3cccnc3-4)ccc2)c2ccccc21.[Pt]. The van der Waals surface area contributed by atoms with Gasteiger partial charge in [0.05, 0.1) is 0 Å². The molecule has 0 saturated heterocycles. The number of rotatable bonds is 5. The zero-order chi connectivity index (χ0) is 30.6. The second-order valence-corrected chi connectivity index (χ2v) is 14.1. The van der Waals surface area contributed by atoms with Crippen molar-refractivity contribution in [3.8, 4) is 22.8 Å². The molecule has 2 aliphatic rings. The molecule has 2 aliphatic heterocycles. The Morgan fingerprint density at radius 2 is 1.39 bits per heavy atom. The molecular formula is C38H30N3OPtSi-3. The van der Waals surface area contributed by atoms with Gasteiger partial charge in [-0.2, -0.15) is 12.7 Å². The Morgan fingerprint density at radius 3 is 2.11 bits per heavy atom. The van der Waals surface area contributed by atoms with Crippen LogP contribution in [0.3, 0.4) is 0 Å². The molecular weight excluding hydrogens is 738 g/mol. The van der Waals surface area contributed by atoms with Crippen molar-refractivity contribution in [3.05, 3.63) is 152 Å². The van der Waals surface area contributed by atoms with Crippen molar-refractivity contribution in [2.24, 2.45) is 0 Å². The maximum atomic E-state index is 8.01. The number of anilines is 3. The van der Waals surface area contributed by atoms with E-state index in [0.717, 1.165) is 16.9 Å². The molecule has 3 heterocycles. The summed E-state index contributed by atoms with van der Waals surface area (Å²) in [7, 11) is -2.64. The molecule has 6 heteroatoms. The van der Waals surface area contributed by atoms with Gasteiger partial charge in [-0.3, -0.25) is 0 Å². The third-order valence-electron chi connectivity index (χ3n) is 8.05. The molecule has 8 rings (SSSR count). The van der Waals surface area contributed by atoms with E-state index in [9.17, 15) is 0 Å². The Labute approximate surface area is 279 Å². The van der Waals surface area contributed by atoms with Crippen molar-refractivity contribution >= 4 is 45.9 Å². The van der Waals surface area contributed by atoms with E-state index in [4.69, 9.17) is 13.8 Å². The number of ether oxygens (including phenoxy) is 1. The van der Waals surface area contributed by atoms with Crippen molar-refractivity contribution in [3.63, 3.8) is 0 Å². The monoisotopic (exact) mass is 770 g/mol. The number of aromatic nitrogens is 1. The largest absolute Gasteiger partial charge is 0.504 e. The number of hydrogen-bond acceptors (Lipinski definition) is 4. The Balaban J connectivity index is 0.00000193. The third kappa shape index (κ3) is 4.59. The van der Waals surface area contributed by atoms with Gasteiger partial charge in [0.25, 0.3) is 0 Å². The molecule has 0 spiro atoms. The standard InChI is InChI=1S/C37H26N3OSi.CH4.Pt/c1-39-26-40(34-19-9-8-18-33(34)39)27-12-10-13-28(24-27)41-29-21-22-35-32(25-29)37-36(20-11-23-38-37)42(35,30-14-4-2-5-15-30)31-16-6-3-7-17-31;;/h2-23,26H,1H3;1H4;/q-3;;/i1D3;;. The van der Waals surface area contributed by atoms with Gasteiger partial charge in [0.1, 0.15) is 8.07 Å². The minimum absolute atomic E-state index is 0. The first-order valence-corrected chi connectivity index (χ1v) is 15.8. The summed E-state index contributed by atoms with van der Waals surface area (Å²) >= 11 is 0. The average Bonchev–Trinajstić information content (AvgIpc) is 3.61. The van der Waals surface area contributed by atoms with Gasteiger partial charge in [-0.15, -0.1) is 46.8 Å². The van der Waals surface area contributed by atoms with Crippen LogP contribution in [0.1, 0.15) is 11.5 Å². The summed E-state index contributed by atoms with van der Waals surface area (Å²) in [6.07, 6.45) is 1.84. The zero-order valence-corrected chi connectivity index (χ0v) is 26.1. The van der Waals surface area contributed by atoms with E-state index in [1.165, 1.54) is 25.6 Å². The molecule has 220 valence electrons. The van der Waals surface area contributed by atoms with Crippen molar-refractivity contribution < 1.29 is 29.9 Å². The molecule has 0 amide bonds. The zero-order valence-electron chi connectivity index (χ0n) is 25.8. The average molecular weight is 771 g/mol. The number of nitrogens with zero attached hydrogens (tertiary/aromatic N) is 3. The van der Waals surface area contributed by atoms with Gasteiger partial charge in [0.15, 0.2) is 0 Å². The molecule has 0 radical (unpaired) electrons. The van der Waals surface area contributed by atoms with Gasteiger partial charge in [0.2, 0.25) is 0 Å². The van der Waals surface area contributed by atoms with Crippen molar-refractivity contribution in [2.45, 2.75) is 7.43 Å². The molecule has 0 N–H and O–H groups in total. The number of para-hydroxylation sites is 2. The van der Waals surface area contributed by atoms with Crippen LogP contribution in [0.25, 0.3) is 11.3 Å². The molecule has 0 unspecified atom stereocenters. The van der Waals surface area contributed by atoms with Crippen molar-refractivity contribution in [2.75, 3.05) is 16.8 Å². The van der Waals surface area contributed by atoms with Crippen LogP contribution in [-0.2, 0) is 21.1 Å². The summed E-state index contributed by atoms with van der Waals surface area (Å²) in [6.45, 7) is -0.727. The normalized spacial score (nSPS) is 15.0. The van der Waals surface area contributed by atoms with Gasteiger partial charge in [-0.05, 0) is 30.9 Å². The van der Waals surface area contributed by atoms with Crippen LogP contribution >= 0.6 is 0 Å². The van der Waals surface area contributed by atoms with Gasteiger partial charge in [-0.1, -0.05) is 108 Å². The van der Waals surface area contributed by atoms with Gasteiger partial charge >= 0.3 is 0 Å². The quantitative estimate of drug-likeness (QED) is 0.155. The summed E-state index contributed by atoms with van der Waals surface area (Å²) < 4.78 is 30.4. The van der Waals surface area contributed by atoms with E-state index < -0.39 is 15.0 Å². The molecule has 0 atom stereocenters. The maximum Gasteiger partial charge on any atom is 0.127 e. The summed E-state index contributed by atoms with van der Waals surface area (Å²) in [5.74, 6) is 1.05. The second-order valence-electron chi connectivity index (χ2n) is 10.3. The topological polar surface area (TPSA) is 28.6 Å². The molecule has 6 aromatic rings. The minimum Gasteiger partial charge on any atom is -0.504 e. The van der Waals surface area contributed by atoms with Crippen LogP contribution in [0.4, 0.5) is 17.1 Å². The van der Waals surface area contributed by atoms with Crippen LogP contribution in [-0.4, -0.2) is 20.0 Å². The maximum absolute atomic E-state index is 8.01. The molecule has 0 bridgehead atoms. The predicted octanol–water partition coefficient (Wildman–Crippen LogP) is 6.17. The van der Waals surface area contributed by atoms with E-state index >= 15 is 0 Å². The van der Waals surface area contributed by atoms with Crippen LogP contribution < -0.4 is 35.3 Å². The number of pyridine rings is 1. The van der Waals surface area contributed by atoms with Crippen LogP contribution in [0, 0.1) is 18.8 Å². The fourth-order valence-corrected chi connectivity index (χ4v) is 11.3. The fourth-order valence-electron chi connectivity index (χ4n) is 6.31. The second kappa shape index (κ2) is 11.9. The van der Waals surface area contributed by atoms with Gasteiger partial charge in [0, 0.05) is 54.2 Å². The Kier molecular flexibility index (Phi) is 7.04. The van der Waals surface area contributed by atoms with Gasteiger partial charge < -0.3 is 19.5 Å². The number of fused-ring (bicyclic) bond motifs is 4. The van der Waals surface area contributed by atoms with E-state index in [2.05, 4.69) is 84.9 Å². The summed E-state index contributed by atoms with van der Waals surface area (Å²) in [4.78, 5) is 8.01. The van der Waals surface area contributed by atoms with E-state index in [-0.39, 0.29) is 28.5 Å². The fraction of sp³-hybridized carbons (Fsp3) is 0.0526. The third-order valence-corrected chi connectivity index (χ3v) is 12.9.